The lowest BCUT2D eigenvalue weighted by Crippen LogP contribution is -2.40. The first-order valence-corrected chi connectivity index (χ1v) is 7.95. The van der Waals surface area contributed by atoms with E-state index in [1.165, 1.54) is 32.1 Å². The van der Waals surface area contributed by atoms with Crippen molar-refractivity contribution >= 4 is 23.5 Å². The first kappa shape index (κ1) is 16.5. The van der Waals surface area contributed by atoms with Crippen molar-refractivity contribution in [2.75, 3.05) is 14.2 Å². The van der Waals surface area contributed by atoms with E-state index in [0.29, 0.717) is 16.9 Å². The van der Waals surface area contributed by atoms with E-state index in [0.717, 1.165) is 11.3 Å². The average molecular weight is 321 g/mol. The van der Waals surface area contributed by atoms with Gasteiger partial charge in [0.15, 0.2) is 5.11 Å². The quantitative estimate of drug-likeness (QED) is 0.496. The summed E-state index contributed by atoms with van der Waals surface area (Å²) >= 11 is 5.26. The molecule has 2 rings (SSSR count). The molecule has 0 bridgehead atoms. The molecule has 5 nitrogen and oxygen atoms in total. The van der Waals surface area contributed by atoms with Gasteiger partial charge in [-0.3, -0.25) is 5.43 Å². The number of hydrogen-bond acceptors (Lipinski definition) is 4. The number of ether oxygens (including phenoxy) is 2. The van der Waals surface area contributed by atoms with Crippen LogP contribution in [0.2, 0.25) is 0 Å². The van der Waals surface area contributed by atoms with Gasteiger partial charge in [-0.05, 0) is 37.2 Å². The normalized spacial score (nSPS) is 15.5. The maximum absolute atomic E-state index is 5.32. The molecule has 22 heavy (non-hydrogen) atoms. The molecule has 1 aromatic carbocycles. The molecule has 6 heteroatoms. The molecular formula is C16H23N3O2S. The minimum atomic E-state index is 0.472. The Kier molecular flexibility index (Phi) is 6.45. The van der Waals surface area contributed by atoms with Crippen molar-refractivity contribution in [1.82, 2.24) is 10.7 Å². The summed E-state index contributed by atoms with van der Waals surface area (Å²) in [4.78, 5) is 0. The van der Waals surface area contributed by atoms with Crippen LogP contribution in [-0.2, 0) is 0 Å². The highest BCUT2D eigenvalue weighted by atomic mass is 32.1. The number of nitrogens with one attached hydrogen (secondary N) is 2. The van der Waals surface area contributed by atoms with Crippen LogP contribution >= 0.6 is 12.2 Å². The van der Waals surface area contributed by atoms with Gasteiger partial charge in [-0.1, -0.05) is 19.3 Å². The van der Waals surface area contributed by atoms with Gasteiger partial charge in [0.1, 0.15) is 11.5 Å². The Bertz CT molecular complexity index is 528. The lowest BCUT2D eigenvalue weighted by Gasteiger charge is -2.23. The van der Waals surface area contributed by atoms with E-state index in [1.807, 2.05) is 18.2 Å². The lowest BCUT2D eigenvalue weighted by molar-refractivity contribution is 0.394. The van der Waals surface area contributed by atoms with Crippen LogP contribution in [0.25, 0.3) is 0 Å². The highest BCUT2D eigenvalue weighted by Gasteiger charge is 2.13. The van der Waals surface area contributed by atoms with E-state index >= 15 is 0 Å². The van der Waals surface area contributed by atoms with E-state index in [4.69, 9.17) is 21.7 Å². The zero-order valence-electron chi connectivity index (χ0n) is 13.1. The molecule has 1 saturated carbocycles. The molecule has 0 aliphatic heterocycles. The minimum Gasteiger partial charge on any atom is -0.497 e. The summed E-state index contributed by atoms with van der Waals surface area (Å²) in [7, 11) is 3.24. The minimum absolute atomic E-state index is 0.472. The van der Waals surface area contributed by atoms with Crippen molar-refractivity contribution in [3.05, 3.63) is 23.8 Å². The van der Waals surface area contributed by atoms with Gasteiger partial charge in [0, 0.05) is 17.7 Å². The maximum atomic E-state index is 5.32. The van der Waals surface area contributed by atoms with Crippen molar-refractivity contribution in [3.8, 4) is 11.5 Å². The summed E-state index contributed by atoms with van der Waals surface area (Å²) < 4.78 is 10.5. The third-order valence-electron chi connectivity index (χ3n) is 3.75. The Morgan fingerprint density at radius 2 is 2.00 bits per heavy atom. The van der Waals surface area contributed by atoms with Crippen molar-refractivity contribution in [1.29, 1.82) is 0 Å². The summed E-state index contributed by atoms with van der Waals surface area (Å²) in [6.07, 6.45) is 7.91. The van der Waals surface area contributed by atoms with Crippen molar-refractivity contribution in [3.63, 3.8) is 0 Å². The predicted molar refractivity (Wildman–Crippen MR) is 92.9 cm³/mol. The fourth-order valence-corrected chi connectivity index (χ4v) is 2.77. The van der Waals surface area contributed by atoms with Gasteiger partial charge in [0.2, 0.25) is 0 Å². The van der Waals surface area contributed by atoms with E-state index in [1.54, 1.807) is 20.4 Å². The van der Waals surface area contributed by atoms with Gasteiger partial charge in [-0.2, -0.15) is 5.10 Å². The zero-order valence-corrected chi connectivity index (χ0v) is 13.9. The third-order valence-corrected chi connectivity index (χ3v) is 3.96. The van der Waals surface area contributed by atoms with E-state index in [9.17, 15) is 0 Å². The zero-order chi connectivity index (χ0) is 15.8. The first-order chi connectivity index (χ1) is 10.7. The van der Waals surface area contributed by atoms with Gasteiger partial charge in [0.25, 0.3) is 0 Å². The third kappa shape index (κ3) is 4.87. The molecule has 0 spiro atoms. The van der Waals surface area contributed by atoms with E-state index in [-0.39, 0.29) is 0 Å². The Labute approximate surface area is 137 Å². The topological polar surface area (TPSA) is 54.9 Å². The van der Waals surface area contributed by atoms with Crippen LogP contribution in [0.1, 0.15) is 37.7 Å². The second-order valence-corrected chi connectivity index (χ2v) is 5.69. The van der Waals surface area contributed by atoms with Gasteiger partial charge in [-0.25, -0.2) is 0 Å². The molecule has 0 saturated heterocycles. The standard InChI is InChI=1S/C16H23N3O2S/c1-20-14-9-8-12(15(10-14)21-2)11-17-19-16(22)18-13-6-4-3-5-7-13/h8-11,13H,3-7H2,1-2H3,(H2,18,19,22)/b17-11+. The smallest absolute Gasteiger partial charge is 0.187 e. The van der Waals surface area contributed by atoms with Crippen molar-refractivity contribution in [2.24, 2.45) is 5.10 Å². The molecule has 0 heterocycles. The molecule has 1 aromatic rings. The van der Waals surface area contributed by atoms with Crippen LogP contribution in [0, 0.1) is 0 Å². The molecule has 0 unspecified atom stereocenters. The fraction of sp³-hybridized carbons (Fsp3) is 0.500. The average Bonchev–Trinajstić information content (AvgIpc) is 2.56. The van der Waals surface area contributed by atoms with Crippen LogP contribution in [0.5, 0.6) is 11.5 Å². The van der Waals surface area contributed by atoms with Crippen LogP contribution in [0.4, 0.5) is 0 Å². The molecule has 0 aromatic heterocycles. The van der Waals surface area contributed by atoms with Gasteiger partial charge < -0.3 is 14.8 Å². The molecular weight excluding hydrogens is 298 g/mol. The first-order valence-electron chi connectivity index (χ1n) is 7.54. The molecule has 2 N–H and O–H groups in total. The summed E-state index contributed by atoms with van der Waals surface area (Å²) in [6.45, 7) is 0. The van der Waals surface area contributed by atoms with Gasteiger partial charge in [-0.15, -0.1) is 0 Å². The van der Waals surface area contributed by atoms with E-state index in [2.05, 4.69) is 15.8 Å². The Hall–Kier alpha value is -1.82. The number of methoxy groups -OCH3 is 2. The van der Waals surface area contributed by atoms with Crippen LogP contribution in [0.3, 0.4) is 0 Å². The second-order valence-electron chi connectivity index (χ2n) is 5.29. The summed E-state index contributed by atoms with van der Waals surface area (Å²) in [5.41, 5.74) is 3.72. The second kappa shape index (κ2) is 8.58. The molecule has 1 aliphatic carbocycles. The summed E-state index contributed by atoms with van der Waals surface area (Å²) in [5.74, 6) is 1.45. The molecule has 1 fully saturated rings. The number of rotatable bonds is 5. The van der Waals surface area contributed by atoms with Crippen molar-refractivity contribution in [2.45, 2.75) is 38.1 Å². The molecule has 1 aliphatic rings. The fourth-order valence-electron chi connectivity index (χ4n) is 2.55. The van der Waals surface area contributed by atoms with Crippen LogP contribution in [-0.4, -0.2) is 31.6 Å². The van der Waals surface area contributed by atoms with Crippen LogP contribution < -0.4 is 20.2 Å². The van der Waals surface area contributed by atoms with Gasteiger partial charge in [0.05, 0.1) is 20.4 Å². The molecule has 0 amide bonds. The summed E-state index contributed by atoms with van der Waals surface area (Å²) in [5, 5.41) is 8.04. The van der Waals surface area contributed by atoms with Crippen LogP contribution in [0.15, 0.2) is 23.3 Å². The number of thiocarbonyl (C=S) groups is 1. The van der Waals surface area contributed by atoms with Crippen molar-refractivity contribution < 1.29 is 9.47 Å². The Morgan fingerprint density at radius 1 is 1.23 bits per heavy atom. The number of hydrazone groups is 1. The van der Waals surface area contributed by atoms with Gasteiger partial charge >= 0.3 is 0 Å². The number of nitrogens with zero attached hydrogens (tertiary/aromatic N) is 1. The van der Waals surface area contributed by atoms with E-state index < -0.39 is 0 Å². The monoisotopic (exact) mass is 321 g/mol. The highest BCUT2D eigenvalue weighted by Crippen LogP contribution is 2.23. The largest absolute Gasteiger partial charge is 0.497 e. The molecule has 120 valence electrons. The number of benzene rings is 1. The summed E-state index contributed by atoms with van der Waals surface area (Å²) in [6, 6.07) is 6.04. The number of hydrogen-bond donors (Lipinski definition) is 2. The molecule has 0 radical (unpaired) electrons. The Balaban J connectivity index is 1.87. The highest BCUT2D eigenvalue weighted by molar-refractivity contribution is 7.80. The SMILES string of the molecule is COc1ccc(/C=N/NC(=S)NC2CCCCC2)c(OC)c1. The Morgan fingerprint density at radius 3 is 2.68 bits per heavy atom. The maximum Gasteiger partial charge on any atom is 0.187 e. The lowest BCUT2D eigenvalue weighted by atomic mass is 9.96. The molecule has 0 atom stereocenters. The predicted octanol–water partition coefficient (Wildman–Crippen LogP) is 2.83.